The van der Waals surface area contributed by atoms with Gasteiger partial charge in [-0.05, 0) is 24.6 Å². The molecule has 2 aromatic rings. The molecule has 4 nitrogen and oxygen atoms in total. The monoisotopic (exact) mass is 287 g/mol. The maximum absolute atomic E-state index is 14.2. The van der Waals surface area contributed by atoms with Crippen LogP contribution in [0.1, 0.15) is 22.8 Å². The van der Waals surface area contributed by atoms with E-state index in [1.54, 1.807) is 0 Å². The lowest BCUT2D eigenvalue weighted by Gasteiger charge is -2.24. The summed E-state index contributed by atoms with van der Waals surface area (Å²) in [6.45, 7) is 3.05. The van der Waals surface area contributed by atoms with Crippen LogP contribution in [0.25, 0.3) is 0 Å². The fraction of sp³-hybridized carbons (Fsp3) is 0.188. The van der Waals surface area contributed by atoms with Gasteiger partial charge in [-0.1, -0.05) is 30.3 Å². The lowest BCUT2D eigenvalue weighted by atomic mass is 10.1. The minimum absolute atomic E-state index is 0.0551. The van der Waals surface area contributed by atoms with Crippen LogP contribution in [0.5, 0.6) is 0 Å². The molecule has 2 rings (SSSR count). The summed E-state index contributed by atoms with van der Waals surface area (Å²) >= 11 is 0. The first-order valence-corrected chi connectivity index (χ1v) is 6.70. The van der Waals surface area contributed by atoms with Crippen molar-refractivity contribution in [3.63, 3.8) is 0 Å². The standard InChI is InChI=1S/C16H18FN3O/c1-2-20(10-11-6-4-3-5-7-11)15-8-12(16(19)21)14(18)9-13(15)17/h3-9H,2,10,18H2,1H3,(H2,19,21). The molecule has 0 heterocycles. The van der Waals surface area contributed by atoms with Gasteiger partial charge in [0.2, 0.25) is 0 Å². The van der Waals surface area contributed by atoms with Crippen molar-refractivity contribution in [1.82, 2.24) is 0 Å². The Labute approximate surface area is 123 Å². The summed E-state index contributed by atoms with van der Waals surface area (Å²) in [5, 5.41) is 0. The predicted octanol–water partition coefficient (Wildman–Crippen LogP) is 2.53. The van der Waals surface area contributed by atoms with Crippen molar-refractivity contribution in [3.8, 4) is 0 Å². The second kappa shape index (κ2) is 6.26. The Bertz CT molecular complexity index is 643. The highest BCUT2D eigenvalue weighted by molar-refractivity contribution is 5.99. The van der Waals surface area contributed by atoms with Crippen molar-refractivity contribution in [1.29, 1.82) is 0 Å². The third-order valence-corrected chi connectivity index (χ3v) is 3.32. The third-order valence-electron chi connectivity index (χ3n) is 3.32. The molecule has 0 unspecified atom stereocenters. The number of benzene rings is 2. The molecule has 2 aromatic carbocycles. The first kappa shape index (κ1) is 14.8. The number of hydrogen-bond acceptors (Lipinski definition) is 3. The Morgan fingerprint density at radius 3 is 2.48 bits per heavy atom. The molecule has 4 N–H and O–H groups in total. The summed E-state index contributed by atoms with van der Waals surface area (Å²) in [5.41, 5.74) is 12.5. The number of primary amides is 1. The average Bonchev–Trinajstić information content (AvgIpc) is 2.46. The summed E-state index contributed by atoms with van der Waals surface area (Å²) in [6, 6.07) is 12.3. The summed E-state index contributed by atoms with van der Waals surface area (Å²) in [5.74, 6) is -1.13. The van der Waals surface area contributed by atoms with Gasteiger partial charge in [-0.15, -0.1) is 0 Å². The van der Waals surface area contributed by atoms with Crippen molar-refractivity contribution < 1.29 is 9.18 Å². The van der Waals surface area contributed by atoms with Crippen molar-refractivity contribution >= 4 is 17.3 Å². The number of carbonyl (C=O) groups excluding carboxylic acids is 1. The molecule has 5 heteroatoms. The van der Waals surface area contributed by atoms with Gasteiger partial charge in [-0.3, -0.25) is 4.79 Å². The number of nitrogen functional groups attached to an aromatic ring is 1. The Hall–Kier alpha value is -2.56. The highest BCUT2D eigenvalue weighted by atomic mass is 19.1. The topological polar surface area (TPSA) is 72.3 Å². The van der Waals surface area contributed by atoms with Crippen LogP contribution in [-0.4, -0.2) is 12.5 Å². The van der Waals surface area contributed by atoms with E-state index in [-0.39, 0.29) is 11.3 Å². The van der Waals surface area contributed by atoms with Crippen LogP contribution in [0, 0.1) is 5.82 Å². The summed E-state index contributed by atoms with van der Waals surface area (Å²) < 4.78 is 14.2. The number of rotatable bonds is 5. The van der Waals surface area contributed by atoms with E-state index in [0.29, 0.717) is 18.8 Å². The molecular formula is C16H18FN3O. The van der Waals surface area contributed by atoms with Crippen molar-refractivity contribution in [3.05, 3.63) is 59.4 Å². The number of anilines is 2. The highest BCUT2D eigenvalue weighted by Crippen LogP contribution is 2.26. The molecular weight excluding hydrogens is 269 g/mol. The van der Waals surface area contributed by atoms with Gasteiger partial charge in [0, 0.05) is 18.8 Å². The number of halogens is 1. The first-order valence-electron chi connectivity index (χ1n) is 6.70. The van der Waals surface area contributed by atoms with Crippen molar-refractivity contribution in [2.75, 3.05) is 17.2 Å². The normalized spacial score (nSPS) is 10.4. The van der Waals surface area contributed by atoms with E-state index in [4.69, 9.17) is 11.5 Å². The number of hydrogen-bond donors (Lipinski definition) is 2. The fourth-order valence-corrected chi connectivity index (χ4v) is 2.20. The summed E-state index contributed by atoms with van der Waals surface area (Å²) in [4.78, 5) is 13.2. The summed E-state index contributed by atoms with van der Waals surface area (Å²) in [6.07, 6.45) is 0. The zero-order chi connectivity index (χ0) is 15.4. The maximum atomic E-state index is 14.2. The molecule has 21 heavy (non-hydrogen) atoms. The van der Waals surface area contributed by atoms with Gasteiger partial charge in [-0.2, -0.15) is 0 Å². The lowest BCUT2D eigenvalue weighted by molar-refractivity contribution is 0.100. The van der Waals surface area contributed by atoms with Crippen LogP contribution in [-0.2, 0) is 6.54 Å². The third kappa shape index (κ3) is 3.31. The van der Waals surface area contributed by atoms with Gasteiger partial charge in [-0.25, -0.2) is 4.39 Å². The molecule has 0 saturated heterocycles. The van der Waals surface area contributed by atoms with E-state index in [0.717, 1.165) is 11.6 Å². The molecule has 0 aliphatic heterocycles. The van der Waals surface area contributed by atoms with Crippen LogP contribution >= 0.6 is 0 Å². The lowest BCUT2D eigenvalue weighted by Crippen LogP contribution is -2.24. The van der Waals surface area contributed by atoms with Gasteiger partial charge >= 0.3 is 0 Å². The highest BCUT2D eigenvalue weighted by Gasteiger charge is 2.16. The van der Waals surface area contributed by atoms with Crippen LogP contribution in [0.3, 0.4) is 0 Å². The average molecular weight is 287 g/mol. The maximum Gasteiger partial charge on any atom is 0.250 e. The number of nitrogens with two attached hydrogens (primary N) is 2. The van der Waals surface area contributed by atoms with Crippen LogP contribution in [0.15, 0.2) is 42.5 Å². The van der Waals surface area contributed by atoms with E-state index in [1.165, 1.54) is 6.07 Å². The molecule has 0 atom stereocenters. The van der Waals surface area contributed by atoms with E-state index >= 15 is 0 Å². The molecule has 1 amide bonds. The van der Waals surface area contributed by atoms with Gasteiger partial charge in [0.15, 0.2) is 0 Å². The van der Waals surface area contributed by atoms with Gasteiger partial charge in [0.05, 0.1) is 11.3 Å². The Balaban J connectivity index is 2.38. The summed E-state index contributed by atoms with van der Waals surface area (Å²) in [7, 11) is 0. The Morgan fingerprint density at radius 2 is 1.90 bits per heavy atom. The first-order chi connectivity index (χ1) is 10.0. The van der Waals surface area contributed by atoms with E-state index in [9.17, 15) is 9.18 Å². The number of nitrogens with zero attached hydrogens (tertiary/aromatic N) is 1. The van der Waals surface area contributed by atoms with Gasteiger partial charge in [0.25, 0.3) is 5.91 Å². The van der Waals surface area contributed by atoms with Gasteiger partial charge < -0.3 is 16.4 Å². The van der Waals surface area contributed by atoms with E-state index in [1.807, 2.05) is 42.2 Å². The molecule has 0 bridgehead atoms. The van der Waals surface area contributed by atoms with Crippen molar-refractivity contribution in [2.45, 2.75) is 13.5 Å². The largest absolute Gasteiger partial charge is 0.398 e. The number of carbonyl (C=O) groups is 1. The van der Waals surface area contributed by atoms with Gasteiger partial charge in [0.1, 0.15) is 5.82 Å². The Morgan fingerprint density at radius 1 is 1.24 bits per heavy atom. The number of amides is 1. The molecule has 0 aliphatic carbocycles. The molecule has 0 aromatic heterocycles. The SMILES string of the molecule is CCN(Cc1ccccc1)c1cc(C(N)=O)c(N)cc1F. The molecule has 0 aliphatic rings. The van der Waals surface area contributed by atoms with Crippen LogP contribution in [0.4, 0.5) is 15.8 Å². The van der Waals surface area contributed by atoms with Crippen LogP contribution < -0.4 is 16.4 Å². The second-order valence-electron chi connectivity index (χ2n) is 4.75. The molecule has 110 valence electrons. The predicted molar refractivity (Wildman–Crippen MR) is 82.5 cm³/mol. The molecule has 0 fully saturated rings. The molecule has 0 spiro atoms. The quantitative estimate of drug-likeness (QED) is 0.830. The zero-order valence-corrected chi connectivity index (χ0v) is 11.8. The Kier molecular flexibility index (Phi) is 4.42. The van der Waals surface area contributed by atoms with Crippen molar-refractivity contribution in [2.24, 2.45) is 5.73 Å². The smallest absolute Gasteiger partial charge is 0.250 e. The molecule has 0 saturated carbocycles. The molecule has 0 radical (unpaired) electrons. The zero-order valence-electron chi connectivity index (χ0n) is 11.8. The minimum Gasteiger partial charge on any atom is -0.398 e. The minimum atomic E-state index is -0.662. The fourth-order valence-electron chi connectivity index (χ4n) is 2.20. The van der Waals surface area contributed by atoms with E-state index < -0.39 is 11.7 Å². The van der Waals surface area contributed by atoms with Crippen LogP contribution in [0.2, 0.25) is 0 Å². The van der Waals surface area contributed by atoms with E-state index in [2.05, 4.69) is 0 Å². The second-order valence-corrected chi connectivity index (χ2v) is 4.75.